The first-order valence-corrected chi connectivity index (χ1v) is 10.7. The zero-order chi connectivity index (χ0) is 18.8. The van der Waals surface area contributed by atoms with Gasteiger partial charge in [0.05, 0.1) is 12.4 Å². The van der Waals surface area contributed by atoms with Gasteiger partial charge in [-0.2, -0.15) is 0 Å². The molecule has 4 rings (SSSR count). The van der Waals surface area contributed by atoms with Gasteiger partial charge in [0.1, 0.15) is 0 Å². The second kappa shape index (κ2) is 8.05. The highest BCUT2D eigenvalue weighted by molar-refractivity contribution is 9.10. The van der Waals surface area contributed by atoms with Crippen LogP contribution in [0.2, 0.25) is 0 Å². The number of hydrogen-bond donors (Lipinski definition) is 1. The lowest BCUT2D eigenvalue weighted by atomic mass is 9.93. The topological polar surface area (TPSA) is 45.5 Å². The molecule has 1 aromatic carbocycles. The molecule has 0 amide bonds. The molecule has 5 nitrogen and oxygen atoms in total. The lowest BCUT2D eigenvalue weighted by Crippen LogP contribution is -2.49. The van der Waals surface area contributed by atoms with Gasteiger partial charge in [-0.1, -0.05) is 35.0 Å². The first-order chi connectivity index (χ1) is 13.2. The van der Waals surface area contributed by atoms with Gasteiger partial charge >= 0.3 is 0 Å². The average Bonchev–Trinajstić information content (AvgIpc) is 3.22. The Morgan fingerprint density at radius 3 is 2.85 bits per heavy atom. The number of aromatic nitrogens is 2. The van der Waals surface area contributed by atoms with Crippen LogP contribution in [0.3, 0.4) is 0 Å². The van der Waals surface area contributed by atoms with Crippen LogP contribution in [0.4, 0.5) is 0 Å². The molecule has 0 radical (unpaired) electrons. The summed E-state index contributed by atoms with van der Waals surface area (Å²) in [7, 11) is 0. The van der Waals surface area contributed by atoms with E-state index in [2.05, 4.69) is 80.0 Å². The van der Waals surface area contributed by atoms with Crippen molar-refractivity contribution >= 4 is 21.9 Å². The summed E-state index contributed by atoms with van der Waals surface area (Å²) in [5.74, 6) is 2.31. The largest absolute Gasteiger partial charge is 0.353 e. The Labute approximate surface area is 170 Å². The number of piperidine rings is 1. The van der Waals surface area contributed by atoms with Crippen molar-refractivity contribution in [1.29, 1.82) is 0 Å². The summed E-state index contributed by atoms with van der Waals surface area (Å²) in [6.07, 6.45) is 8.25. The van der Waals surface area contributed by atoms with Crippen molar-refractivity contribution in [1.82, 2.24) is 19.8 Å². The fourth-order valence-electron chi connectivity index (χ4n) is 4.08. The molecular weight excluding hydrogens is 402 g/mol. The van der Waals surface area contributed by atoms with Crippen LogP contribution in [0.15, 0.2) is 52.5 Å². The number of aliphatic imine (C=N–C) groups is 1. The molecule has 1 saturated heterocycles. The predicted molar refractivity (Wildman–Crippen MR) is 113 cm³/mol. The Hall–Kier alpha value is -1.82. The molecule has 1 aliphatic carbocycles. The molecule has 4 unspecified atom stereocenters. The number of guanidine groups is 1. The number of rotatable bonds is 4. The molecule has 4 atom stereocenters. The van der Waals surface area contributed by atoms with Gasteiger partial charge in [-0.3, -0.25) is 4.99 Å². The van der Waals surface area contributed by atoms with E-state index in [0.717, 1.165) is 30.1 Å². The number of nitrogens with one attached hydrogen (secondary N) is 1. The molecule has 27 heavy (non-hydrogen) atoms. The van der Waals surface area contributed by atoms with Crippen LogP contribution in [-0.4, -0.2) is 46.1 Å². The summed E-state index contributed by atoms with van der Waals surface area (Å²) >= 11 is 3.52. The number of halogens is 1. The van der Waals surface area contributed by atoms with Gasteiger partial charge in [0.25, 0.3) is 0 Å². The van der Waals surface area contributed by atoms with Crippen LogP contribution in [0.1, 0.15) is 44.2 Å². The van der Waals surface area contributed by atoms with Crippen molar-refractivity contribution in [2.75, 3.05) is 19.6 Å². The van der Waals surface area contributed by atoms with E-state index in [4.69, 9.17) is 4.99 Å². The highest BCUT2D eigenvalue weighted by Gasteiger charge is 2.40. The standard InChI is InChI=1S/C21H28BrN5/c1-3-24-21(25-19-12-18(19)16-4-6-17(22)7-5-16)26-10-8-15(2)20(13-26)27-11-9-23-14-27/h4-7,9,11,14-15,18-20H,3,8,10,12-13H2,1-2H3,(H,24,25). The van der Waals surface area contributed by atoms with E-state index in [0.29, 0.717) is 23.9 Å². The van der Waals surface area contributed by atoms with Gasteiger partial charge in [-0.15, -0.1) is 0 Å². The van der Waals surface area contributed by atoms with Gasteiger partial charge < -0.3 is 14.8 Å². The van der Waals surface area contributed by atoms with E-state index in [-0.39, 0.29) is 0 Å². The minimum atomic E-state index is 0.451. The second-order valence-electron chi connectivity index (χ2n) is 7.73. The highest BCUT2D eigenvalue weighted by Crippen LogP contribution is 2.41. The summed E-state index contributed by atoms with van der Waals surface area (Å²) in [4.78, 5) is 11.5. The van der Waals surface area contributed by atoms with Crippen molar-refractivity contribution < 1.29 is 0 Å². The third kappa shape index (κ3) is 4.21. The van der Waals surface area contributed by atoms with E-state index >= 15 is 0 Å². The first kappa shape index (κ1) is 18.5. The number of benzene rings is 1. The van der Waals surface area contributed by atoms with E-state index in [1.54, 1.807) is 0 Å². The molecule has 1 N–H and O–H groups in total. The molecule has 2 aliphatic rings. The SMILES string of the molecule is CCN=C(NC1CC1c1ccc(Br)cc1)N1CCC(C)C(n2ccnc2)C1. The summed E-state index contributed by atoms with van der Waals surface area (Å²) in [5, 5.41) is 3.74. The van der Waals surface area contributed by atoms with Crippen molar-refractivity contribution in [3.8, 4) is 0 Å². The third-order valence-corrected chi connectivity index (χ3v) is 6.37. The molecule has 2 fully saturated rings. The fourth-order valence-corrected chi connectivity index (χ4v) is 4.34. The quantitative estimate of drug-likeness (QED) is 0.588. The lowest BCUT2D eigenvalue weighted by Gasteiger charge is -2.39. The molecule has 0 bridgehead atoms. The average molecular weight is 430 g/mol. The Morgan fingerprint density at radius 1 is 1.33 bits per heavy atom. The van der Waals surface area contributed by atoms with Crippen LogP contribution in [-0.2, 0) is 0 Å². The smallest absolute Gasteiger partial charge is 0.194 e. The molecule has 1 aromatic heterocycles. The van der Waals surface area contributed by atoms with Crippen molar-refractivity contribution in [3.05, 3.63) is 53.0 Å². The Bertz CT molecular complexity index is 770. The van der Waals surface area contributed by atoms with Crippen molar-refractivity contribution in [2.24, 2.45) is 10.9 Å². The summed E-state index contributed by atoms with van der Waals surface area (Å²) in [5.41, 5.74) is 1.41. The van der Waals surface area contributed by atoms with Crippen molar-refractivity contribution in [3.63, 3.8) is 0 Å². The first-order valence-electron chi connectivity index (χ1n) is 9.94. The number of imidazole rings is 1. The zero-order valence-corrected chi connectivity index (χ0v) is 17.6. The maximum absolute atomic E-state index is 4.81. The van der Waals surface area contributed by atoms with Crippen LogP contribution in [0.25, 0.3) is 0 Å². The fraction of sp³-hybridized carbons (Fsp3) is 0.524. The van der Waals surface area contributed by atoms with Gasteiger partial charge in [0.2, 0.25) is 0 Å². The number of nitrogens with zero attached hydrogens (tertiary/aromatic N) is 4. The summed E-state index contributed by atoms with van der Waals surface area (Å²) in [6.45, 7) is 7.31. The van der Waals surface area contributed by atoms with Crippen molar-refractivity contribution in [2.45, 2.75) is 44.7 Å². The zero-order valence-electron chi connectivity index (χ0n) is 16.1. The van der Waals surface area contributed by atoms with Crippen LogP contribution < -0.4 is 5.32 Å². The van der Waals surface area contributed by atoms with Crippen LogP contribution in [0, 0.1) is 5.92 Å². The molecule has 1 aliphatic heterocycles. The molecule has 1 saturated carbocycles. The minimum absolute atomic E-state index is 0.451. The molecular formula is C21H28BrN5. The monoisotopic (exact) mass is 429 g/mol. The maximum atomic E-state index is 4.81. The van der Waals surface area contributed by atoms with E-state index in [1.807, 2.05) is 12.5 Å². The van der Waals surface area contributed by atoms with Gasteiger partial charge in [0, 0.05) is 48.5 Å². The van der Waals surface area contributed by atoms with Gasteiger partial charge in [0.15, 0.2) is 5.96 Å². The summed E-state index contributed by atoms with van der Waals surface area (Å²) in [6, 6.07) is 9.66. The molecule has 144 valence electrons. The van der Waals surface area contributed by atoms with Crippen LogP contribution >= 0.6 is 15.9 Å². The third-order valence-electron chi connectivity index (χ3n) is 5.84. The highest BCUT2D eigenvalue weighted by atomic mass is 79.9. The Balaban J connectivity index is 1.42. The predicted octanol–water partition coefficient (Wildman–Crippen LogP) is 4.05. The molecule has 6 heteroatoms. The van der Waals surface area contributed by atoms with E-state index < -0.39 is 0 Å². The molecule has 2 heterocycles. The van der Waals surface area contributed by atoms with Crippen LogP contribution in [0.5, 0.6) is 0 Å². The van der Waals surface area contributed by atoms with E-state index in [9.17, 15) is 0 Å². The normalized spacial score (nSPS) is 28.3. The van der Waals surface area contributed by atoms with Gasteiger partial charge in [-0.05, 0) is 43.4 Å². The Kier molecular flexibility index (Phi) is 5.53. The number of hydrogen-bond acceptors (Lipinski definition) is 2. The van der Waals surface area contributed by atoms with E-state index in [1.165, 1.54) is 18.4 Å². The minimum Gasteiger partial charge on any atom is -0.353 e. The lowest BCUT2D eigenvalue weighted by molar-refractivity contribution is 0.188. The van der Waals surface area contributed by atoms with Gasteiger partial charge in [-0.25, -0.2) is 4.98 Å². The maximum Gasteiger partial charge on any atom is 0.194 e. The molecule has 0 spiro atoms. The Morgan fingerprint density at radius 2 is 2.15 bits per heavy atom. The summed E-state index contributed by atoms with van der Waals surface area (Å²) < 4.78 is 3.39. The second-order valence-corrected chi connectivity index (χ2v) is 8.65. The molecule has 2 aromatic rings. The number of likely N-dealkylation sites (tertiary alicyclic amines) is 1.